The molecule has 23 heavy (non-hydrogen) atoms. The smallest absolute Gasteiger partial charge is 0.340 e. The number of aromatic nitrogens is 1. The molecule has 0 amide bonds. The summed E-state index contributed by atoms with van der Waals surface area (Å²) in [5.41, 5.74) is 2.25. The van der Waals surface area contributed by atoms with Gasteiger partial charge in [-0.3, -0.25) is 0 Å². The Labute approximate surface area is 139 Å². The van der Waals surface area contributed by atoms with Gasteiger partial charge in [0.25, 0.3) is 0 Å². The summed E-state index contributed by atoms with van der Waals surface area (Å²) in [7, 11) is 0. The zero-order valence-corrected chi connectivity index (χ0v) is 15.0. The highest BCUT2D eigenvalue weighted by atomic mass is 16.5. The van der Waals surface area contributed by atoms with Crippen molar-refractivity contribution >= 4 is 11.9 Å². The molecule has 0 bridgehead atoms. The highest BCUT2D eigenvalue weighted by Gasteiger charge is 2.29. The van der Waals surface area contributed by atoms with E-state index in [1.807, 2.05) is 18.4 Å². The van der Waals surface area contributed by atoms with Crippen LogP contribution < -0.4 is 0 Å². The van der Waals surface area contributed by atoms with Crippen LogP contribution in [0, 0.1) is 13.8 Å². The Kier molecular flexibility index (Phi) is 7.86. The molecule has 0 fully saturated rings. The number of hydrogen-bond donors (Lipinski definition) is 0. The van der Waals surface area contributed by atoms with Crippen molar-refractivity contribution in [2.45, 2.75) is 66.8 Å². The molecule has 0 aliphatic heterocycles. The summed E-state index contributed by atoms with van der Waals surface area (Å²) in [6.45, 7) is 10.8. The summed E-state index contributed by atoms with van der Waals surface area (Å²) < 4.78 is 12.3. The number of esters is 2. The minimum absolute atomic E-state index is 0.279. The molecule has 5 heteroatoms. The van der Waals surface area contributed by atoms with Crippen molar-refractivity contribution in [3.63, 3.8) is 0 Å². The first kappa shape index (κ1) is 19.3. The molecule has 1 rings (SSSR count). The van der Waals surface area contributed by atoms with E-state index in [2.05, 4.69) is 6.92 Å². The minimum atomic E-state index is -0.455. The van der Waals surface area contributed by atoms with Gasteiger partial charge in [0.2, 0.25) is 0 Å². The maximum Gasteiger partial charge on any atom is 0.340 e. The standard InChI is InChI=1S/C18H29NO4/c1-6-9-10-11-12-19-13(4)15(17(20)22-7-2)16(14(19)5)18(21)23-8-3/h6-12H2,1-5H3. The monoisotopic (exact) mass is 323 g/mol. The normalized spacial score (nSPS) is 10.7. The van der Waals surface area contributed by atoms with E-state index in [1.165, 1.54) is 12.8 Å². The molecule has 0 aliphatic carbocycles. The van der Waals surface area contributed by atoms with Crippen LogP contribution in [0.2, 0.25) is 0 Å². The first-order valence-corrected chi connectivity index (χ1v) is 8.53. The van der Waals surface area contributed by atoms with Gasteiger partial charge in [0.1, 0.15) is 0 Å². The third-order valence-corrected chi connectivity index (χ3v) is 3.98. The maximum atomic E-state index is 12.3. The van der Waals surface area contributed by atoms with Gasteiger partial charge in [0, 0.05) is 17.9 Å². The van der Waals surface area contributed by atoms with Crippen LogP contribution in [0.3, 0.4) is 0 Å². The Balaban J connectivity index is 3.19. The van der Waals surface area contributed by atoms with Gasteiger partial charge in [-0.2, -0.15) is 0 Å². The van der Waals surface area contributed by atoms with Crippen molar-refractivity contribution in [1.29, 1.82) is 0 Å². The van der Waals surface area contributed by atoms with Crippen LogP contribution in [0.1, 0.15) is 78.6 Å². The van der Waals surface area contributed by atoms with Crippen molar-refractivity contribution < 1.29 is 19.1 Å². The number of ether oxygens (including phenoxy) is 2. The van der Waals surface area contributed by atoms with Crippen LogP contribution >= 0.6 is 0 Å². The first-order chi connectivity index (χ1) is 11.0. The average Bonchev–Trinajstić information content (AvgIpc) is 2.76. The van der Waals surface area contributed by atoms with Crippen LogP contribution in [0.4, 0.5) is 0 Å². The quantitative estimate of drug-likeness (QED) is 0.508. The lowest BCUT2D eigenvalue weighted by atomic mass is 10.1. The number of unbranched alkanes of at least 4 members (excludes halogenated alkanes) is 3. The molecule has 130 valence electrons. The molecule has 0 saturated carbocycles. The highest BCUT2D eigenvalue weighted by molar-refractivity contribution is 6.05. The van der Waals surface area contributed by atoms with Gasteiger partial charge in [-0.25, -0.2) is 9.59 Å². The Hall–Kier alpha value is -1.78. The SMILES string of the molecule is CCCCCCn1c(C)c(C(=O)OCC)c(C(=O)OCC)c1C. The van der Waals surface area contributed by atoms with E-state index in [-0.39, 0.29) is 13.2 Å². The van der Waals surface area contributed by atoms with E-state index in [9.17, 15) is 9.59 Å². The highest BCUT2D eigenvalue weighted by Crippen LogP contribution is 2.25. The minimum Gasteiger partial charge on any atom is -0.462 e. The van der Waals surface area contributed by atoms with Gasteiger partial charge in [-0.05, 0) is 34.1 Å². The zero-order chi connectivity index (χ0) is 17.4. The van der Waals surface area contributed by atoms with Crippen molar-refractivity contribution in [1.82, 2.24) is 4.57 Å². The second kappa shape index (κ2) is 9.38. The van der Waals surface area contributed by atoms with Gasteiger partial charge in [-0.1, -0.05) is 26.2 Å². The van der Waals surface area contributed by atoms with Gasteiger partial charge in [0.05, 0.1) is 24.3 Å². The Bertz CT molecular complexity index is 504. The topological polar surface area (TPSA) is 57.5 Å². The molecule has 0 aromatic carbocycles. The fourth-order valence-electron chi connectivity index (χ4n) is 2.82. The summed E-state index contributed by atoms with van der Waals surface area (Å²) in [5, 5.41) is 0. The molecular formula is C18H29NO4. The van der Waals surface area contributed by atoms with Crippen molar-refractivity contribution in [3.8, 4) is 0 Å². The van der Waals surface area contributed by atoms with E-state index in [0.717, 1.165) is 30.8 Å². The van der Waals surface area contributed by atoms with E-state index >= 15 is 0 Å². The number of hydrogen-bond acceptors (Lipinski definition) is 4. The van der Waals surface area contributed by atoms with E-state index in [4.69, 9.17) is 9.47 Å². The fraction of sp³-hybridized carbons (Fsp3) is 0.667. The fourth-order valence-corrected chi connectivity index (χ4v) is 2.82. The van der Waals surface area contributed by atoms with Gasteiger partial charge in [-0.15, -0.1) is 0 Å². The second-order valence-electron chi connectivity index (χ2n) is 5.57. The zero-order valence-electron chi connectivity index (χ0n) is 15.0. The predicted molar refractivity (Wildman–Crippen MR) is 90.0 cm³/mol. The molecule has 0 N–H and O–H groups in total. The number of carbonyl (C=O) groups excluding carboxylic acids is 2. The predicted octanol–water partition coefficient (Wildman–Crippen LogP) is 4.04. The van der Waals surface area contributed by atoms with Crippen LogP contribution in [0.5, 0.6) is 0 Å². The van der Waals surface area contributed by atoms with Gasteiger partial charge >= 0.3 is 11.9 Å². The summed E-state index contributed by atoms with van der Waals surface area (Å²) in [6, 6.07) is 0. The molecule has 1 heterocycles. The van der Waals surface area contributed by atoms with E-state index in [0.29, 0.717) is 11.1 Å². The number of rotatable bonds is 9. The van der Waals surface area contributed by atoms with Crippen molar-refractivity contribution in [3.05, 3.63) is 22.5 Å². The van der Waals surface area contributed by atoms with Gasteiger partial charge < -0.3 is 14.0 Å². The molecule has 0 unspecified atom stereocenters. The molecule has 0 spiro atoms. The van der Waals surface area contributed by atoms with E-state index in [1.54, 1.807) is 13.8 Å². The maximum absolute atomic E-state index is 12.3. The molecule has 1 aromatic heterocycles. The average molecular weight is 323 g/mol. The molecule has 0 atom stereocenters. The lowest BCUT2D eigenvalue weighted by molar-refractivity contribution is 0.0479. The summed E-state index contributed by atoms with van der Waals surface area (Å²) >= 11 is 0. The van der Waals surface area contributed by atoms with Gasteiger partial charge in [0.15, 0.2) is 0 Å². The van der Waals surface area contributed by atoms with Crippen molar-refractivity contribution in [2.24, 2.45) is 0 Å². The summed E-state index contributed by atoms with van der Waals surface area (Å²) in [5.74, 6) is -0.910. The molecule has 0 saturated heterocycles. The van der Waals surface area contributed by atoms with Crippen LogP contribution in [0.25, 0.3) is 0 Å². The lowest BCUT2D eigenvalue weighted by Gasteiger charge is -2.09. The molecular weight excluding hydrogens is 294 g/mol. The van der Waals surface area contributed by atoms with Crippen LogP contribution in [0.15, 0.2) is 0 Å². The molecule has 0 aliphatic rings. The third kappa shape index (κ3) is 4.60. The summed E-state index contributed by atoms with van der Waals surface area (Å²) in [4.78, 5) is 24.6. The molecule has 1 aromatic rings. The number of nitrogens with zero attached hydrogens (tertiary/aromatic N) is 1. The number of carbonyl (C=O) groups is 2. The Morgan fingerprint density at radius 1 is 0.826 bits per heavy atom. The Morgan fingerprint density at radius 3 is 1.70 bits per heavy atom. The van der Waals surface area contributed by atoms with Crippen LogP contribution in [-0.2, 0) is 16.0 Å². The second-order valence-corrected chi connectivity index (χ2v) is 5.57. The van der Waals surface area contributed by atoms with E-state index < -0.39 is 11.9 Å². The third-order valence-electron chi connectivity index (χ3n) is 3.98. The van der Waals surface area contributed by atoms with Crippen LogP contribution in [-0.4, -0.2) is 29.7 Å². The summed E-state index contributed by atoms with van der Waals surface area (Å²) in [6.07, 6.45) is 4.52. The Morgan fingerprint density at radius 2 is 1.30 bits per heavy atom. The first-order valence-electron chi connectivity index (χ1n) is 8.53. The lowest BCUT2D eigenvalue weighted by Crippen LogP contribution is -2.13. The largest absolute Gasteiger partial charge is 0.462 e. The molecule has 5 nitrogen and oxygen atoms in total. The molecule has 0 radical (unpaired) electrons. The van der Waals surface area contributed by atoms with Crippen molar-refractivity contribution in [2.75, 3.05) is 13.2 Å².